The first-order chi connectivity index (χ1) is 9.22. The van der Waals surface area contributed by atoms with E-state index < -0.39 is 0 Å². The number of aromatic nitrogens is 1. The Morgan fingerprint density at radius 3 is 3.05 bits per heavy atom. The molecule has 100 valence electrons. The molecule has 0 atom stereocenters. The number of nitrogens with one attached hydrogen (secondary N) is 1. The molecule has 19 heavy (non-hydrogen) atoms. The zero-order chi connectivity index (χ0) is 13.2. The van der Waals surface area contributed by atoms with Crippen molar-refractivity contribution in [2.75, 3.05) is 6.61 Å². The van der Waals surface area contributed by atoms with Gasteiger partial charge in [0.05, 0.1) is 19.3 Å². The summed E-state index contributed by atoms with van der Waals surface area (Å²) in [5.41, 5.74) is 2.45. The third-order valence-electron chi connectivity index (χ3n) is 3.09. The highest BCUT2D eigenvalue weighted by atomic mass is 79.9. The van der Waals surface area contributed by atoms with Crippen LogP contribution in [0.2, 0.25) is 0 Å². The van der Waals surface area contributed by atoms with E-state index in [0.29, 0.717) is 12.4 Å². The topological polar surface area (TPSA) is 47.3 Å². The number of hydrogen-bond donors (Lipinski definition) is 1. The fourth-order valence-corrected chi connectivity index (χ4v) is 2.82. The van der Waals surface area contributed by atoms with Gasteiger partial charge >= 0.3 is 0 Å². The van der Waals surface area contributed by atoms with Gasteiger partial charge in [-0.2, -0.15) is 0 Å². The predicted octanol–water partition coefficient (Wildman–Crippen LogP) is 2.97. The quantitative estimate of drug-likeness (QED) is 0.940. The molecule has 2 aromatic rings. The van der Waals surface area contributed by atoms with Crippen LogP contribution >= 0.6 is 15.9 Å². The first-order valence-electron chi connectivity index (χ1n) is 6.28. The number of hydrogen-bond acceptors (Lipinski definition) is 4. The molecule has 0 unspecified atom stereocenters. The average molecular weight is 323 g/mol. The van der Waals surface area contributed by atoms with E-state index in [1.54, 1.807) is 6.20 Å². The van der Waals surface area contributed by atoms with Gasteiger partial charge in [0, 0.05) is 23.0 Å². The summed E-state index contributed by atoms with van der Waals surface area (Å²) in [5.74, 6) is 2.58. The second-order valence-electron chi connectivity index (χ2n) is 4.62. The van der Waals surface area contributed by atoms with Gasteiger partial charge in [-0.05, 0) is 24.6 Å². The number of fused-ring (bicyclic) bond motifs is 1. The number of nitrogens with zero attached hydrogens (tertiary/aromatic N) is 1. The van der Waals surface area contributed by atoms with Crippen LogP contribution in [0.25, 0.3) is 0 Å². The lowest BCUT2D eigenvalue weighted by Gasteiger charge is -2.09. The van der Waals surface area contributed by atoms with E-state index in [1.807, 2.05) is 6.92 Å². The highest BCUT2D eigenvalue weighted by Crippen LogP contribution is 2.32. The zero-order valence-corrected chi connectivity index (χ0v) is 12.3. The van der Waals surface area contributed by atoms with Crippen molar-refractivity contribution in [2.45, 2.75) is 26.4 Å². The van der Waals surface area contributed by atoms with Crippen LogP contribution in [-0.4, -0.2) is 11.6 Å². The average Bonchev–Trinajstić information content (AvgIpc) is 2.98. The summed E-state index contributed by atoms with van der Waals surface area (Å²) in [6, 6.07) is 4.22. The van der Waals surface area contributed by atoms with E-state index in [0.717, 1.165) is 35.6 Å². The van der Waals surface area contributed by atoms with Crippen LogP contribution in [-0.2, 0) is 19.5 Å². The molecule has 0 fully saturated rings. The minimum atomic E-state index is 0.620. The molecule has 1 aromatic carbocycles. The summed E-state index contributed by atoms with van der Waals surface area (Å²) in [7, 11) is 0. The molecule has 0 bridgehead atoms. The Kier molecular flexibility index (Phi) is 3.57. The minimum absolute atomic E-state index is 0.620. The van der Waals surface area contributed by atoms with Crippen LogP contribution in [0, 0.1) is 6.92 Å². The lowest BCUT2D eigenvalue weighted by Crippen LogP contribution is -2.13. The van der Waals surface area contributed by atoms with Gasteiger partial charge in [-0.15, -0.1) is 0 Å². The van der Waals surface area contributed by atoms with Gasteiger partial charge in [0.25, 0.3) is 0 Å². The Labute approximate surface area is 120 Å². The van der Waals surface area contributed by atoms with Gasteiger partial charge in [-0.25, -0.2) is 4.98 Å². The SMILES string of the molecule is Cc1cnc(CNCc2cc(Br)cc3c2OCC3)o1. The van der Waals surface area contributed by atoms with Crippen molar-refractivity contribution in [1.82, 2.24) is 10.3 Å². The largest absolute Gasteiger partial charge is 0.493 e. The van der Waals surface area contributed by atoms with Crippen LogP contribution in [0.4, 0.5) is 0 Å². The second kappa shape index (κ2) is 5.35. The van der Waals surface area contributed by atoms with Crippen LogP contribution in [0.1, 0.15) is 22.8 Å². The number of ether oxygens (including phenoxy) is 1. The fraction of sp³-hybridized carbons (Fsp3) is 0.357. The first-order valence-corrected chi connectivity index (χ1v) is 7.08. The molecule has 1 aliphatic heterocycles. The van der Waals surface area contributed by atoms with Gasteiger partial charge in [0.2, 0.25) is 5.89 Å². The lowest BCUT2D eigenvalue weighted by molar-refractivity contribution is 0.351. The van der Waals surface area contributed by atoms with Gasteiger partial charge in [0.1, 0.15) is 11.5 Å². The van der Waals surface area contributed by atoms with Crippen molar-refractivity contribution in [3.05, 3.63) is 45.6 Å². The summed E-state index contributed by atoms with van der Waals surface area (Å²) in [4.78, 5) is 4.17. The summed E-state index contributed by atoms with van der Waals surface area (Å²) in [5, 5.41) is 3.33. The number of benzene rings is 1. The Bertz CT molecular complexity index is 595. The standard InChI is InChI=1S/C14H15BrN2O2/c1-9-6-17-13(19-9)8-16-7-11-5-12(15)4-10-2-3-18-14(10)11/h4-6,16H,2-3,7-8H2,1H3. The molecular formula is C14H15BrN2O2. The van der Waals surface area contributed by atoms with Gasteiger partial charge < -0.3 is 14.5 Å². The Morgan fingerprint density at radius 2 is 2.26 bits per heavy atom. The molecule has 0 saturated heterocycles. The molecule has 4 nitrogen and oxygen atoms in total. The number of rotatable bonds is 4. The normalized spacial score (nSPS) is 13.4. The van der Waals surface area contributed by atoms with E-state index in [1.165, 1.54) is 11.1 Å². The van der Waals surface area contributed by atoms with Gasteiger partial charge in [-0.1, -0.05) is 15.9 Å². The summed E-state index contributed by atoms with van der Waals surface area (Å²) < 4.78 is 12.2. The molecule has 2 heterocycles. The molecule has 0 amide bonds. The molecule has 1 N–H and O–H groups in total. The van der Waals surface area contributed by atoms with E-state index in [2.05, 4.69) is 38.4 Å². The first kappa shape index (κ1) is 12.7. The molecular weight excluding hydrogens is 308 g/mol. The number of aryl methyl sites for hydroxylation is 1. The van der Waals surface area contributed by atoms with Crippen molar-refractivity contribution >= 4 is 15.9 Å². The minimum Gasteiger partial charge on any atom is -0.493 e. The maximum Gasteiger partial charge on any atom is 0.208 e. The smallest absolute Gasteiger partial charge is 0.208 e. The van der Waals surface area contributed by atoms with Crippen molar-refractivity contribution in [2.24, 2.45) is 0 Å². The Morgan fingerprint density at radius 1 is 1.37 bits per heavy atom. The van der Waals surface area contributed by atoms with Gasteiger partial charge in [-0.3, -0.25) is 0 Å². The zero-order valence-electron chi connectivity index (χ0n) is 10.7. The summed E-state index contributed by atoms with van der Waals surface area (Å²) in [6.45, 7) is 4.03. The molecule has 0 saturated carbocycles. The lowest BCUT2D eigenvalue weighted by atomic mass is 10.1. The third kappa shape index (κ3) is 2.82. The van der Waals surface area contributed by atoms with Crippen molar-refractivity contribution in [3.63, 3.8) is 0 Å². The fourth-order valence-electron chi connectivity index (χ4n) is 2.26. The molecule has 1 aliphatic rings. The monoisotopic (exact) mass is 322 g/mol. The molecule has 3 rings (SSSR count). The van der Waals surface area contributed by atoms with Crippen molar-refractivity contribution in [3.8, 4) is 5.75 Å². The molecule has 0 radical (unpaired) electrons. The Hall–Kier alpha value is -1.33. The second-order valence-corrected chi connectivity index (χ2v) is 5.54. The summed E-state index contributed by atoms with van der Waals surface area (Å²) in [6.07, 6.45) is 2.72. The maximum atomic E-state index is 5.69. The van der Waals surface area contributed by atoms with E-state index in [4.69, 9.17) is 9.15 Å². The van der Waals surface area contributed by atoms with Crippen molar-refractivity contribution < 1.29 is 9.15 Å². The highest BCUT2D eigenvalue weighted by Gasteiger charge is 2.17. The molecule has 0 aliphatic carbocycles. The van der Waals surface area contributed by atoms with E-state index in [-0.39, 0.29) is 0 Å². The van der Waals surface area contributed by atoms with Crippen LogP contribution in [0.15, 0.2) is 27.2 Å². The number of halogens is 1. The van der Waals surface area contributed by atoms with Crippen LogP contribution < -0.4 is 10.1 Å². The molecule has 5 heteroatoms. The van der Waals surface area contributed by atoms with Crippen LogP contribution in [0.5, 0.6) is 5.75 Å². The maximum absolute atomic E-state index is 5.69. The highest BCUT2D eigenvalue weighted by molar-refractivity contribution is 9.10. The van der Waals surface area contributed by atoms with Crippen molar-refractivity contribution in [1.29, 1.82) is 0 Å². The third-order valence-corrected chi connectivity index (χ3v) is 3.54. The van der Waals surface area contributed by atoms with Crippen LogP contribution in [0.3, 0.4) is 0 Å². The number of oxazole rings is 1. The Balaban J connectivity index is 1.67. The molecule has 1 aromatic heterocycles. The van der Waals surface area contributed by atoms with Gasteiger partial charge in [0.15, 0.2) is 0 Å². The van der Waals surface area contributed by atoms with E-state index >= 15 is 0 Å². The predicted molar refractivity (Wildman–Crippen MR) is 75.1 cm³/mol. The van der Waals surface area contributed by atoms with E-state index in [9.17, 15) is 0 Å². The summed E-state index contributed by atoms with van der Waals surface area (Å²) >= 11 is 3.54. The molecule has 0 spiro atoms.